The molecule has 2 aromatic rings. The fraction of sp³-hybridized carbons (Fsp3) is 0.125. The fourth-order valence-electron chi connectivity index (χ4n) is 2.37. The zero-order valence-corrected chi connectivity index (χ0v) is 11.2. The summed E-state index contributed by atoms with van der Waals surface area (Å²) in [4.78, 5) is 23.2. The van der Waals surface area contributed by atoms with Crippen molar-refractivity contribution in [1.29, 1.82) is 0 Å². The predicted molar refractivity (Wildman–Crippen MR) is 77.2 cm³/mol. The van der Waals surface area contributed by atoms with Crippen molar-refractivity contribution in [3.63, 3.8) is 0 Å². The van der Waals surface area contributed by atoms with Gasteiger partial charge in [-0.3, -0.25) is 4.79 Å². The molecule has 0 radical (unpaired) electrons. The van der Waals surface area contributed by atoms with Crippen LogP contribution in [0.4, 0.5) is 4.79 Å². The molecule has 1 unspecified atom stereocenters. The highest BCUT2D eigenvalue weighted by atomic mass is 16.2. The highest BCUT2D eigenvalue weighted by Gasteiger charge is 2.36. The van der Waals surface area contributed by atoms with Crippen LogP contribution in [0.15, 0.2) is 54.6 Å². The minimum Gasteiger partial charge on any atom is -0.352 e. The van der Waals surface area contributed by atoms with Gasteiger partial charge < -0.3 is 11.1 Å². The average molecular weight is 268 g/mol. The van der Waals surface area contributed by atoms with Crippen molar-refractivity contribution in [2.24, 2.45) is 5.73 Å². The van der Waals surface area contributed by atoms with Crippen molar-refractivity contribution in [2.75, 3.05) is 0 Å². The SMILES string of the molecule is Cc1ccccc1C(C=O)(NC(N)=O)c1ccccc1. The first-order valence-electron chi connectivity index (χ1n) is 6.26. The zero-order chi connectivity index (χ0) is 14.6. The Morgan fingerprint density at radius 1 is 1.10 bits per heavy atom. The van der Waals surface area contributed by atoms with Crippen LogP contribution in [0.3, 0.4) is 0 Å². The second-order valence-corrected chi connectivity index (χ2v) is 4.60. The van der Waals surface area contributed by atoms with Gasteiger partial charge in [-0.25, -0.2) is 4.79 Å². The molecule has 4 heteroatoms. The molecule has 1 atom stereocenters. The van der Waals surface area contributed by atoms with Crippen LogP contribution in [-0.2, 0) is 10.3 Å². The van der Waals surface area contributed by atoms with Gasteiger partial charge in [0.25, 0.3) is 0 Å². The second kappa shape index (κ2) is 5.57. The average Bonchev–Trinajstić information content (AvgIpc) is 2.46. The number of carbonyl (C=O) groups is 2. The minimum atomic E-state index is -1.27. The van der Waals surface area contributed by atoms with Crippen molar-refractivity contribution in [3.05, 3.63) is 71.3 Å². The molecule has 0 heterocycles. The Morgan fingerprint density at radius 3 is 2.25 bits per heavy atom. The smallest absolute Gasteiger partial charge is 0.313 e. The molecule has 102 valence electrons. The van der Waals surface area contributed by atoms with E-state index in [1.54, 1.807) is 12.1 Å². The number of rotatable bonds is 4. The zero-order valence-electron chi connectivity index (χ0n) is 11.2. The second-order valence-electron chi connectivity index (χ2n) is 4.60. The molecule has 0 saturated carbocycles. The van der Waals surface area contributed by atoms with Gasteiger partial charge in [-0.15, -0.1) is 0 Å². The monoisotopic (exact) mass is 268 g/mol. The first kappa shape index (κ1) is 13.8. The lowest BCUT2D eigenvalue weighted by Gasteiger charge is -2.31. The highest BCUT2D eigenvalue weighted by Crippen LogP contribution is 2.29. The molecular weight excluding hydrogens is 252 g/mol. The van der Waals surface area contributed by atoms with E-state index >= 15 is 0 Å². The quantitative estimate of drug-likeness (QED) is 0.833. The number of aldehydes is 1. The summed E-state index contributed by atoms with van der Waals surface area (Å²) in [7, 11) is 0. The molecule has 0 aromatic heterocycles. The van der Waals surface area contributed by atoms with Crippen molar-refractivity contribution < 1.29 is 9.59 Å². The molecule has 2 rings (SSSR count). The molecule has 3 N–H and O–H groups in total. The predicted octanol–water partition coefficient (Wildman–Crippen LogP) is 2.11. The summed E-state index contributed by atoms with van der Waals surface area (Å²) >= 11 is 0. The van der Waals surface area contributed by atoms with Gasteiger partial charge in [-0.1, -0.05) is 54.6 Å². The van der Waals surface area contributed by atoms with Crippen LogP contribution in [0.5, 0.6) is 0 Å². The number of hydrogen-bond acceptors (Lipinski definition) is 2. The first-order valence-corrected chi connectivity index (χ1v) is 6.26. The molecule has 0 aliphatic carbocycles. The third-order valence-electron chi connectivity index (χ3n) is 3.30. The van der Waals surface area contributed by atoms with Gasteiger partial charge in [0.2, 0.25) is 0 Å². The van der Waals surface area contributed by atoms with Gasteiger partial charge >= 0.3 is 6.03 Å². The Bertz CT molecular complexity index is 625. The fourth-order valence-corrected chi connectivity index (χ4v) is 2.37. The molecule has 2 amide bonds. The molecule has 0 saturated heterocycles. The van der Waals surface area contributed by atoms with Crippen LogP contribution < -0.4 is 11.1 Å². The van der Waals surface area contributed by atoms with Crippen molar-refractivity contribution in [2.45, 2.75) is 12.5 Å². The summed E-state index contributed by atoms with van der Waals surface area (Å²) in [5.41, 5.74) is 6.28. The topological polar surface area (TPSA) is 72.2 Å². The number of hydrogen-bond donors (Lipinski definition) is 2. The number of primary amides is 1. The molecule has 20 heavy (non-hydrogen) atoms. The first-order chi connectivity index (χ1) is 9.60. The third-order valence-corrected chi connectivity index (χ3v) is 3.30. The summed E-state index contributed by atoms with van der Waals surface area (Å²) in [6.45, 7) is 1.89. The van der Waals surface area contributed by atoms with E-state index in [2.05, 4.69) is 5.32 Å². The van der Waals surface area contributed by atoms with Crippen LogP contribution in [-0.4, -0.2) is 12.3 Å². The number of benzene rings is 2. The largest absolute Gasteiger partial charge is 0.352 e. The van der Waals surface area contributed by atoms with Gasteiger partial charge in [-0.05, 0) is 23.6 Å². The van der Waals surface area contributed by atoms with E-state index in [1.807, 2.05) is 49.4 Å². The number of nitrogens with two attached hydrogens (primary N) is 1. The van der Waals surface area contributed by atoms with Crippen LogP contribution in [0.1, 0.15) is 16.7 Å². The highest BCUT2D eigenvalue weighted by molar-refractivity contribution is 5.84. The lowest BCUT2D eigenvalue weighted by Crippen LogP contribution is -2.50. The number of nitrogens with one attached hydrogen (secondary N) is 1. The van der Waals surface area contributed by atoms with E-state index < -0.39 is 11.6 Å². The van der Waals surface area contributed by atoms with E-state index in [0.717, 1.165) is 11.8 Å². The molecule has 0 fully saturated rings. The molecule has 4 nitrogen and oxygen atoms in total. The minimum absolute atomic E-state index is 0.670. The maximum Gasteiger partial charge on any atom is 0.313 e. The Balaban J connectivity index is 2.69. The molecular formula is C16H16N2O2. The van der Waals surface area contributed by atoms with Gasteiger partial charge in [0, 0.05) is 0 Å². The molecule has 0 bridgehead atoms. The summed E-state index contributed by atoms with van der Waals surface area (Å²) in [6, 6.07) is 15.7. The third kappa shape index (κ3) is 2.40. The summed E-state index contributed by atoms with van der Waals surface area (Å²) < 4.78 is 0. The lowest BCUT2D eigenvalue weighted by molar-refractivity contribution is -0.112. The van der Waals surface area contributed by atoms with Gasteiger partial charge in [0.05, 0.1) is 0 Å². The maximum absolute atomic E-state index is 11.8. The number of urea groups is 1. The normalized spacial score (nSPS) is 13.2. The number of aryl methyl sites for hydroxylation is 1. The van der Waals surface area contributed by atoms with Crippen LogP contribution >= 0.6 is 0 Å². The van der Waals surface area contributed by atoms with Crippen molar-refractivity contribution >= 4 is 12.3 Å². The van der Waals surface area contributed by atoms with E-state index in [1.165, 1.54) is 0 Å². The van der Waals surface area contributed by atoms with Crippen molar-refractivity contribution in [3.8, 4) is 0 Å². The number of carbonyl (C=O) groups excluding carboxylic acids is 2. The Morgan fingerprint density at radius 2 is 1.70 bits per heavy atom. The Hall–Kier alpha value is -2.62. The Kier molecular flexibility index (Phi) is 3.84. The Labute approximate surface area is 117 Å². The standard InChI is InChI=1S/C16H16N2O2/c1-12-7-5-6-10-14(12)16(11-19,18-15(17)20)13-8-3-2-4-9-13/h2-11H,1H3,(H3,17,18,20). The molecule has 0 aliphatic rings. The van der Waals surface area contributed by atoms with Gasteiger partial charge in [-0.2, -0.15) is 0 Å². The van der Waals surface area contributed by atoms with Crippen LogP contribution in [0.25, 0.3) is 0 Å². The van der Waals surface area contributed by atoms with E-state index in [4.69, 9.17) is 5.73 Å². The van der Waals surface area contributed by atoms with Gasteiger partial charge in [0.1, 0.15) is 5.54 Å². The summed E-state index contributed by atoms with van der Waals surface area (Å²) in [5, 5.41) is 2.59. The van der Waals surface area contributed by atoms with Crippen molar-refractivity contribution in [1.82, 2.24) is 5.32 Å². The summed E-state index contributed by atoms with van der Waals surface area (Å²) in [6.07, 6.45) is 0.718. The lowest BCUT2D eigenvalue weighted by atomic mass is 9.82. The molecule has 0 spiro atoms. The molecule has 0 aliphatic heterocycles. The van der Waals surface area contributed by atoms with Crippen LogP contribution in [0, 0.1) is 6.92 Å². The molecule has 2 aromatic carbocycles. The van der Waals surface area contributed by atoms with Crippen LogP contribution in [0.2, 0.25) is 0 Å². The van der Waals surface area contributed by atoms with Gasteiger partial charge in [0.15, 0.2) is 6.29 Å². The van der Waals surface area contributed by atoms with E-state index in [-0.39, 0.29) is 0 Å². The maximum atomic E-state index is 11.8. The van der Waals surface area contributed by atoms with E-state index in [0.29, 0.717) is 11.1 Å². The van der Waals surface area contributed by atoms with E-state index in [9.17, 15) is 9.59 Å². The summed E-state index contributed by atoms with van der Waals surface area (Å²) in [5.74, 6) is 0. The number of amides is 2.